The Balaban J connectivity index is 1.56. The number of aromatic nitrogens is 1. The number of hydrogen-bond acceptors (Lipinski definition) is 4. The normalized spacial score (nSPS) is 15.8. The van der Waals surface area contributed by atoms with Crippen LogP contribution >= 0.6 is 0 Å². The second-order valence-electron chi connectivity index (χ2n) is 7.20. The quantitative estimate of drug-likeness (QED) is 0.671. The van der Waals surface area contributed by atoms with E-state index in [1.807, 2.05) is 30.3 Å². The number of rotatable bonds is 2. The van der Waals surface area contributed by atoms with Gasteiger partial charge in [-0.1, -0.05) is 18.2 Å². The average molecular weight is 393 g/mol. The fourth-order valence-electron chi connectivity index (χ4n) is 4.10. The summed E-state index contributed by atoms with van der Waals surface area (Å²) in [5, 5.41) is 1.02. The van der Waals surface area contributed by atoms with Gasteiger partial charge in [0, 0.05) is 31.1 Å². The van der Waals surface area contributed by atoms with Crippen molar-refractivity contribution in [1.82, 2.24) is 4.98 Å². The number of para-hydroxylation sites is 1. The predicted octanol–water partition coefficient (Wildman–Crippen LogP) is 2.90. The molecular formula is C21H19N3O3S. The largest absolute Gasteiger partial charge is 0.312 e. The Labute approximate surface area is 163 Å². The molecule has 2 aliphatic rings. The van der Waals surface area contributed by atoms with Gasteiger partial charge in [-0.25, -0.2) is 17.7 Å². The van der Waals surface area contributed by atoms with Crippen LogP contribution in [0.4, 0.5) is 11.5 Å². The molecular weight excluding hydrogens is 374 g/mol. The summed E-state index contributed by atoms with van der Waals surface area (Å²) < 4.78 is 28.1. The molecule has 0 N–H and O–H groups in total. The molecule has 3 aromatic rings. The maximum absolute atomic E-state index is 13.4. The lowest BCUT2D eigenvalue weighted by Crippen LogP contribution is -2.30. The van der Waals surface area contributed by atoms with Gasteiger partial charge in [0.15, 0.2) is 0 Å². The third-order valence-corrected chi connectivity index (χ3v) is 7.30. The standard InChI is InChI=1S/C21H19N3O3S/c1-14(25)23-10-8-16-13-18(6-7-20(16)23)28(26,27)24-11-9-17-12-15-4-2-3-5-19(15)22-21(17)24/h2-7,12-13H,8-11H2,1H3. The smallest absolute Gasteiger partial charge is 0.265 e. The van der Waals surface area contributed by atoms with Gasteiger partial charge in [-0.2, -0.15) is 0 Å². The van der Waals surface area contributed by atoms with Crippen LogP contribution in [0.2, 0.25) is 0 Å². The van der Waals surface area contributed by atoms with Crippen molar-refractivity contribution in [2.45, 2.75) is 24.7 Å². The number of nitrogens with zero attached hydrogens (tertiary/aromatic N) is 3. The van der Waals surface area contributed by atoms with Crippen molar-refractivity contribution in [2.75, 3.05) is 22.3 Å². The van der Waals surface area contributed by atoms with E-state index in [2.05, 4.69) is 4.98 Å². The monoisotopic (exact) mass is 393 g/mol. The minimum Gasteiger partial charge on any atom is -0.312 e. The summed E-state index contributed by atoms with van der Waals surface area (Å²) in [5.41, 5.74) is 3.43. The Morgan fingerprint density at radius 1 is 1.00 bits per heavy atom. The molecule has 0 saturated heterocycles. The minimum atomic E-state index is -3.71. The van der Waals surface area contributed by atoms with E-state index in [1.165, 1.54) is 11.2 Å². The molecule has 2 aromatic carbocycles. The number of amides is 1. The molecule has 0 radical (unpaired) electrons. The summed E-state index contributed by atoms with van der Waals surface area (Å²) in [6, 6.07) is 14.8. The van der Waals surface area contributed by atoms with Crippen LogP contribution in [0.25, 0.3) is 10.9 Å². The molecule has 1 amide bonds. The van der Waals surface area contributed by atoms with Crippen molar-refractivity contribution in [3.05, 3.63) is 59.7 Å². The van der Waals surface area contributed by atoms with Crippen molar-refractivity contribution in [1.29, 1.82) is 0 Å². The number of fused-ring (bicyclic) bond motifs is 3. The molecule has 142 valence electrons. The van der Waals surface area contributed by atoms with Crippen LogP contribution in [0.3, 0.4) is 0 Å². The Bertz CT molecular complexity index is 1240. The molecule has 1 aromatic heterocycles. The third kappa shape index (κ3) is 2.50. The van der Waals surface area contributed by atoms with Gasteiger partial charge < -0.3 is 4.90 Å². The van der Waals surface area contributed by atoms with Crippen molar-refractivity contribution in [3.63, 3.8) is 0 Å². The Kier molecular flexibility index (Phi) is 3.71. The van der Waals surface area contributed by atoms with Gasteiger partial charge >= 0.3 is 0 Å². The molecule has 28 heavy (non-hydrogen) atoms. The van der Waals surface area contributed by atoms with Crippen LogP contribution in [0.15, 0.2) is 53.4 Å². The molecule has 0 spiro atoms. The summed E-state index contributed by atoms with van der Waals surface area (Å²) in [7, 11) is -3.71. The van der Waals surface area contributed by atoms with Crippen LogP contribution in [0, 0.1) is 0 Å². The van der Waals surface area contributed by atoms with Crippen LogP contribution in [-0.2, 0) is 27.7 Å². The van der Waals surface area contributed by atoms with E-state index in [4.69, 9.17) is 0 Å². The van der Waals surface area contributed by atoms with Crippen molar-refractivity contribution in [3.8, 4) is 0 Å². The number of sulfonamides is 1. The number of carbonyl (C=O) groups is 1. The molecule has 5 rings (SSSR count). The highest BCUT2D eigenvalue weighted by Gasteiger charge is 2.33. The van der Waals surface area contributed by atoms with Crippen molar-refractivity contribution >= 4 is 38.3 Å². The summed E-state index contributed by atoms with van der Waals surface area (Å²) >= 11 is 0. The number of anilines is 2. The second-order valence-corrected chi connectivity index (χ2v) is 9.06. The first kappa shape index (κ1) is 17.2. The highest BCUT2D eigenvalue weighted by Crippen LogP contribution is 2.36. The Morgan fingerprint density at radius 3 is 2.61 bits per heavy atom. The predicted molar refractivity (Wildman–Crippen MR) is 108 cm³/mol. The molecule has 6 nitrogen and oxygen atoms in total. The van der Waals surface area contributed by atoms with Crippen LogP contribution in [-0.4, -0.2) is 32.4 Å². The zero-order valence-corrected chi connectivity index (χ0v) is 16.2. The van der Waals surface area contributed by atoms with Crippen molar-refractivity contribution in [2.24, 2.45) is 0 Å². The SMILES string of the molecule is CC(=O)N1CCc2cc(S(=O)(=O)N3CCc4cc5ccccc5nc43)ccc21. The molecule has 0 unspecified atom stereocenters. The van der Waals surface area contributed by atoms with Gasteiger partial charge in [0.25, 0.3) is 10.0 Å². The fraction of sp³-hybridized carbons (Fsp3) is 0.238. The highest BCUT2D eigenvalue weighted by molar-refractivity contribution is 7.92. The van der Waals surface area contributed by atoms with E-state index in [9.17, 15) is 13.2 Å². The van der Waals surface area contributed by atoms with Crippen LogP contribution < -0.4 is 9.21 Å². The first-order valence-corrected chi connectivity index (χ1v) is 10.7. The number of pyridine rings is 1. The van der Waals surface area contributed by atoms with E-state index < -0.39 is 10.0 Å². The molecule has 0 saturated carbocycles. The Hall–Kier alpha value is -2.93. The molecule has 0 fully saturated rings. The van der Waals surface area contributed by atoms with Crippen molar-refractivity contribution < 1.29 is 13.2 Å². The van der Waals surface area contributed by atoms with E-state index >= 15 is 0 Å². The van der Waals surface area contributed by atoms with E-state index in [-0.39, 0.29) is 10.8 Å². The summed E-state index contributed by atoms with van der Waals surface area (Å²) in [6.07, 6.45) is 1.31. The van der Waals surface area contributed by atoms with E-state index in [0.717, 1.165) is 27.7 Å². The lowest BCUT2D eigenvalue weighted by atomic mass is 10.1. The zero-order valence-electron chi connectivity index (χ0n) is 15.4. The second kappa shape index (κ2) is 6.04. The number of benzene rings is 2. The zero-order chi connectivity index (χ0) is 19.5. The highest BCUT2D eigenvalue weighted by atomic mass is 32.2. The van der Waals surface area contributed by atoms with E-state index in [0.29, 0.717) is 31.7 Å². The molecule has 0 aliphatic carbocycles. The lowest BCUT2D eigenvalue weighted by molar-refractivity contribution is -0.116. The van der Waals surface area contributed by atoms with E-state index in [1.54, 1.807) is 23.1 Å². The minimum absolute atomic E-state index is 0.0288. The summed E-state index contributed by atoms with van der Waals surface area (Å²) in [6.45, 7) is 2.50. The lowest BCUT2D eigenvalue weighted by Gasteiger charge is -2.20. The molecule has 0 bridgehead atoms. The number of hydrogen-bond donors (Lipinski definition) is 0. The maximum Gasteiger partial charge on any atom is 0.265 e. The summed E-state index contributed by atoms with van der Waals surface area (Å²) in [4.78, 5) is 18.3. The fourth-order valence-corrected chi connectivity index (χ4v) is 5.61. The van der Waals surface area contributed by atoms with Gasteiger partial charge in [-0.3, -0.25) is 4.79 Å². The van der Waals surface area contributed by atoms with Crippen LogP contribution in [0.5, 0.6) is 0 Å². The molecule has 3 heterocycles. The van der Waals surface area contributed by atoms with Gasteiger partial charge in [0.05, 0.1) is 10.4 Å². The van der Waals surface area contributed by atoms with Gasteiger partial charge in [-0.05, 0) is 54.3 Å². The van der Waals surface area contributed by atoms with Gasteiger partial charge in [0.1, 0.15) is 5.82 Å². The van der Waals surface area contributed by atoms with Gasteiger partial charge in [0.2, 0.25) is 5.91 Å². The molecule has 7 heteroatoms. The topological polar surface area (TPSA) is 70.6 Å². The molecule has 0 atom stereocenters. The average Bonchev–Trinajstić information content (AvgIpc) is 3.29. The number of carbonyl (C=O) groups excluding carboxylic acids is 1. The Morgan fingerprint density at radius 2 is 1.79 bits per heavy atom. The maximum atomic E-state index is 13.4. The third-order valence-electron chi connectivity index (χ3n) is 5.52. The first-order chi connectivity index (χ1) is 13.4. The first-order valence-electron chi connectivity index (χ1n) is 9.27. The van der Waals surface area contributed by atoms with Gasteiger partial charge in [-0.15, -0.1) is 0 Å². The van der Waals surface area contributed by atoms with Crippen LogP contribution in [0.1, 0.15) is 18.1 Å². The molecule has 2 aliphatic heterocycles. The summed E-state index contributed by atoms with van der Waals surface area (Å²) in [5.74, 6) is 0.489.